The molecule has 1 aliphatic rings. The van der Waals surface area contributed by atoms with Crippen LogP contribution in [0.1, 0.15) is 47.4 Å². The number of aromatic nitrogens is 1. The van der Waals surface area contributed by atoms with Gasteiger partial charge in [0.1, 0.15) is 18.1 Å². The van der Waals surface area contributed by atoms with Crippen LogP contribution in [0.15, 0.2) is 36.5 Å². The number of nitrogens with zero attached hydrogens (tertiary/aromatic N) is 1. The molecular weight excluding hydrogens is 402 g/mol. The molecule has 1 unspecified atom stereocenters. The lowest BCUT2D eigenvalue weighted by Gasteiger charge is -2.16. The van der Waals surface area contributed by atoms with Gasteiger partial charge in [-0.25, -0.2) is 8.78 Å². The zero-order chi connectivity index (χ0) is 21.0. The molecule has 0 bridgehead atoms. The molecule has 0 saturated heterocycles. The van der Waals surface area contributed by atoms with Gasteiger partial charge in [0.2, 0.25) is 0 Å². The highest BCUT2D eigenvalue weighted by atomic mass is 35.5. The van der Waals surface area contributed by atoms with Crippen molar-refractivity contribution in [3.8, 4) is 5.75 Å². The summed E-state index contributed by atoms with van der Waals surface area (Å²) in [6.45, 7) is 1.04. The lowest BCUT2D eigenvalue weighted by molar-refractivity contribution is -0.119. The van der Waals surface area contributed by atoms with Gasteiger partial charge >= 0.3 is 0 Å². The van der Waals surface area contributed by atoms with E-state index in [1.807, 2.05) is 0 Å². The maximum Gasteiger partial charge on any atom is 0.272 e. The summed E-state index contributed by atoms with van der Waals surface area (Å²) in [4.78, 5) is 28.7. The molecule has 1 N–H and O–H groups in total. The van der Waals surface area contributed by atoms with Gasteiger partial charge in [0.05, 0.1) is 11.1 Å². The van der Waals surface area contributed by atoms with Crippen LogP contribution in [0.25, 0.3) is 0 Å². The Morgan fingerprint density at radius 3 is 2.69 bits per heavy atom. The van der Waals surface area contributed by atoms with Gasteiger partial charge in [-0.3, -0.25) is 14.6 Å². The van der Waals surface area contributed by atoms with Crippen LogP contribution >= 0.6 is 11.6 Å². The molecule has 5 nitrogen and oxygen atoms in total. The Bertz CT molecular complexity index is 903. The quantitative estimate of drug-likeness (QED) is 0.650. The fraction of sp³-hybridized carbons (Fsp3) is 0.381. The largest absolute Gasteiger partial charge is 0.486 e. The third-order valence-electron chi connectivity index (χ3n) is 4.64. The number of carbonyl (C=O) groups excluding carboxylic acids is 2. The summed E-state index contributed by atoms with van der Waals surface area (Å²) in [5.74, 6) is 0.154. The maximum atomic E-state index is 12.6. The number of ketones is 1. The van der Waals surface area contributed by atoms with E-state index in [1.165, 1.54) is 12.3 Å². The zero-order valence-electron chi connectivity index (χ0n) is 15.8. The summed E-state index contributed by atoms with van der Waals surface area (Å²) in [6.07, 6.45) is 1.03. The van der Waals surface area contributed by atoms with E-state index in [0.717, 1.165) is 12.8 Å². The van der Waals surface area contributed by atoms with Gasteiger partial charge in [0.25, 0.3) is 12.3 Å². The van der Waals surface area contributed by atoms with Crippen LogP contribution in [0.5, 0.6) is 5.75 Å². The normalized spacial score (nSPS) is 14.5. The first kappa shape index (κ1) is 21.2. The average Bonchev–Trinajstić information content (AvgIpc) is 3.52. The van der Waals surface area contributed by atoms with Crippen molar-refractivity contribution in [1.82, 2.24) is 10.3 Å². The number of hydrogen-bond donors (Lipinski definition) is 1. The first-order valence-electron chi connectivity index (χ1n) is 9.32. The minimum absolute atomic E-state index is 0.145. The van der Waals surface area contributed by atoms with Gasteiger partial charge in [0, 0.05) is 29.8 Å². The van der Waals surface area contributed by atoms with Gasteiger partial charge < -0.3 is 10.1 Å². The smallest absolute Gasteiger partial charge is 0.272 e. The monoisotopic (exact) mass is 422 g/mol. The molecule has 0 aliphatic heterocycles. The van der Waals surface area contributed by atoms with Crippen LogP contribution < -0.4 is 10.1 Å². The molecule has 1 amide bonds. The van der Waals surface area contributed by atoms with Crippen LogP contribution in [0.4, 0.5) is 8.78 Å². The highest BCUT2D eigenvalue weighted by Gasteiger charge is 2.29. The first-order chi connectivity index (χ1) is 13.8. The molecule has 3 rings (SSSR count). The lowest BCUT2D eigenvalue weighted by Crippen LogP contribution is -2.27. The predicted molar refractivity (Wildman–Crippen MR) is 105 cm³/mol. The van der Waals surface area contributed by atoms with Gasteiger partial charge in [0.15, 0.2) is 0 Å². The third kappa shape index (κ3) is 5.97. The molecule has 1 atom stereocenters. The van der Waals surface area contributed by atoms with Gasteiger partial charge in [-0.2, -0.15) is 0 Å². The summed E-state index contributed by atoms with van der Waals surface area (Å²) < 4.78 is 29.5. The van der Waals surface area contributed by atoms with E-state index in [0.29, 0.717) is 16.8 Å². The zero-order valence-corrected chi connectivity index (χ0v) is 16.6. The van der Waals surface area contributed by atoms with Crippen molar-refractivity contribution in [1.29, 1.82) is 0 Å². The molecule has 1 heterocycles. The average molecular weight is 423 g/mol. The summed E-state index contributed by atoms with van der Waals surface area (Å²) in [5.41, 5.74) is 1.69. The SMILES string of the molecule is CC(NC(=O)c1ccnc(CC(=O)C2CC2)c1)c1ccc(OCC(F)F)c(Cl)c1. The van der Waals surface area contributed by atoms with E-state index in [-0.39, 0.29) is 40.8 Å². The minimum Gasteiger partial charge on any atom is -0.486 e. The molecule has 1 aliphatic carbocycles. The van der Waals surface area contributed by atoms with Gasteiger partial charge in [-0.1, -0.05) is 17.7 Å². The molecule has 0 spiro atoms. The Labute approximate surface area is 172 Å². The van der Waals surface area contributed by atoms with E-state index in [1.54, 1.807) is 31.2 Å². The van der Waals surface area contributed by atoms with Crippen molar-refractivity contribution in [2.75, 3.05) is 6.61 Å². The summed E-state index contributed by atoms with van der Waals surface area (Å²) >= 11 is 6.09. The summed E-state index contributed by atoms with van der Waals surface area (Å²) in [6, 6.07) is 7.55. The Balaban J connectivity index is 1.62. The van der Waals surface area contributed by atoms with Crippen molar-refractivity contribution in [2.45, 2.75) is 38.7 Å². The third-order valence-corrected chi connectivity index (χ3v) is 4.93. The summed E-state index contributed by atoms with van der Waals surface area (Å²) in [7, 11) is 0. The van der Waals surface area contributed by atoms with Gasteiger partial charge in [-0.05, 0) is 49.6 Å². The first-order valence-corrected chi connectivity index (χ1v) is 9.70. The van der Waals surface area contributed by atoms with E-state index in [9.17, 15) is 18.4 Å². The highest BCUT2D eigenvalue weighted by Crippen LogP contribution is 2.31. The second-order valence-corrected chi connectivity index (χ2v) is 7.45. The van der Waals surface area contributed by atoms with Crippen LogP contribution in [0.2, 0.25) is 5.02 Å². The number of Topliss-reactive ketones (excluding diaryl/α,β-unsaturated/α-hetero) is 1. The molecule has 1 fully saturated rings. The Morgan fingerprint density at radius 2 is 2.03 bits per heavy atom. The number of ether oxygens (including phenoxy) is 1. The van der Waals surface area contributed by atoms with Crippen molar-refractivity contribution in [3.63, 3.8) is 0 Å². The maximum absolute atomic E-state index is 12.6. The van der Waals surface area contributed by atoms with E-state index >= 15 is 0 Å². The topological polar surface area (TPSA) is 68.3 Å². The number of amides is 1. The van der Waals surface area contributed by atoms with Crippen LogP contribution in [0, 0.1) is 5.92 Å². The van der Waals surface area contributed by atoms with E-state index < -0.39 is 13.0 Å². The molecule has 0 radical (unpaired) electrons. The second-order valence-electron chi connectivity index (χ2n) is 7.04. The number of halogens is 3. The molecule has 29 heavy (non-hydrogen) atoms. The second kappa shape index (κ2) is 9.31. The lowest BCUT2D eigenvalue weighted by atomic mass is 10.1. The Morgan fingerprint density at radius 1 is 1.28 bits per heavy atom. The fourth-order valence-electron chi connectivity index (χ4n) is 2.86. The van der Waals surface area contributed by atoms with E-state index in [4.69, 9.17) is 16.3 Å². The fourth-order valence-corrected chi connectivity index (χ4v) is 3.11. The molecule has 2 aromatic rings. The number of benzene rings is 1. The van der Waals surface area contributed by atoms with Crippen molar-refractivity contribution in [2.24, 2.45) is 5.92 Å². The molecular formula is C21H21ClF2N2O3. The van der Waals surface area contributed by atoms with E-state index in [2.05, 4.69) is 10.3 Å². The number of nitrogens with one attached hydrogen (secondary N) is 1. The molecule has 1 saturated carbocycles. The summed E-state index contributed by atoms with van der Waals surface area (Å²) in [5, 5.41) is 3.04. The number of alkyl halides is 2. The van der Waals surface area contributed by atoms with Gasteiger partial charge in [-0.15, -0.1) is 0 Å². The number of carbonyl (C=O) groups is 2. The molecule has 8 heteroatoms. The van der Waals surface area contributed by atoms with Crippen molar-refractivity contribution in [3.05, 3.63) is 58.4 Å². The van der Waals surface area contributed by atoms with Crippen LogP contribution in [0.3, 0.4) is 0 Å². The number of rotatable bonds is 9. The molecule has 154 valence electrons. The highest BCUT2D eigenvalue weighted by molar-refractivity contribution is 6.32. The van der Waals surface area contributed by atoms with Crippen LogP contribution in [-0.2, 0) is 11.2 Å². The molecule has 1 aromatic carbocycles. The molecule has 1 aromatic heterocycles. The van der Waals surface area contributed by atoms with Crippen molar-refractivity contribution < 1.29 is 23.1 Å². The van der Waals surface area contributed by atoms with Crippen LogP contribution in [-0.4, -0.2) is 29.7 Å². The number of pyridine rings is 1. The standard InChI is InChI=1S/C21H21ClF2N2O3/c1-12(14-4-5-19(17(22)9-14)29-11-20(23)24)26-21(28)15-6-7-25-16(8-15)10-18(27)13-2-3-13/h4-9,12-13,20H,2-3,10-11H2,1H3,(H,26,28). The Hall–Kier alpha value is -2.54. The Kier molecular flexibility index (Phi) is 6.79. The van der Waals surface area contributed by atoms with Crippen molar-refractivity contribution >= 4 is 23.3 Å². The minimum atomic E-state index is -2.59. The number of hydrogen-bond acceptors (Lipinski definition) is 4. The predicted octanol–water partition coefficient (Wildman–Crippen LogP) is 4.39.